The first-order valence-corrected chi connectivity index (χ1v) is 8.78. The van der Waals surface area contributed by atoms with Gasteiger partial charge in [-0.3, -0.25) is 14.3 Å². The van der Waals surface area contributed by atoms with Gasteiger partial charge < -0.3 is 14.9 Å². The van der Waals surface area contributed by atoms with E-state index in [2.05, 4.69) is 5.10 Å². The van der Waals surface area contributed by atoms with Gasteiger partial charge in [-0.1, -0.05) is 6.07 Å². The number of carbonyl (C=O) groups is 2. The van der Waals surface area contributed by atoms with E-state index in [1.165, 1.54) is 0 Å². The summed E-state index contributed by atoms with van der Waals surface area (Å²) in [5, 5.41) is 13.3. The van der Waals surface area contributed by atoms with Crippen LogP contribution in [0.15, 0.2) is 30.3 Å². The molecule has 26 heavy (non-hydrogen) atoms. The molecule has 138 valence electrons. The van der Waals surface area contributed by atoms with Crippen molar-refractivity contribution >= 4 is 17.6 Å². The summed E-state index contributed by atoms with van der Waals surface area (Å²) in [4.78, 5) is 27.5. The molecule has 1 aliphatic heterocycles. The van der Waals surface area contributed by atoms with Crippen molar-refractivity contribution in [1.29, 1.82) is 0 Å². The first-order valence-electron chi connectivity index (χ1n) is 8.78. The molecule has 0 radical (unpaired) electrons. The Morgan fingerprint density at radius 3 is 2.77 bits per heavy atom. The smallest absolute Gasteiger partial charge is 0.303 e. The van der Waals surface area contributed by atoms with Crippen molar-refractivity contribution in [2.45, 2.75) is 32.4 Å². The molecule has 0 fully saturated rings. The van der Waals surface area contributed by atoms with E-state index >= 15 is 0 Å². The van der Waals surface area contributed by atoms with Crippen LogP contribution in [0.3, 0.4) is 0 Å². The topological polar surface area (TPSA) is 78.7 Å². The van der Waals surface area contributed by atoms with Crippen LogP contribution in [0.5, 0.6) is 0 Å². The van der Waals surface area contributed by atoms with Gasteiger partial charge in [0, 0.05) is 44.9 Å². The predicted octanol–water partition coefficient (Wildman–Crippen LogP) is 2.01. The Morgan fingerprint density at radius 2 is 2.04 bits per heavy atom. The van der Waals surface area contributed by atoms with E-state index in [9.17, 15) is 9.59 Å². The Morgan fingerprint density at radius 1 is 1.23 bits per heavy atom. The molecule has 2 heterocycles. The number of fused-ring (bicyclic) bond motifs is 1. The van der Waals surface area contributed by atoms with Gasteiger partial charge in [0.25, 0.3) is 5.91 Å². The van der Waals surface area contributed by atoms with E-state index in [4.69, 9.17) is 5.11 Å². The molecule has 7 heteroatoms. The quantitative estimate of drug-likeness (QED) is 0.887. The zero-order valence-corrected chi connectivity index (χ0v) is 15.2. The predicted molar refractivity (Wildman–Crippen MR) is 98.3 cm³/mol. The number of aliphatic carboxylic acids is 1. The SMILES string of the molecule is CN(C)c1cccc(C(=O)N2CCCn3nc(CCC(=O)O)cc3C2)c1. The van der Waals surface area contributed by atoms with Crippen molar-refractivity contribution < 1.29 is 14.7 Å². The third-order valence-electron chi connectivity index (χ3n) is 4.56. The van der Waals surface area contributed by atoms with Crippen LogP contribution in [0, 0.1) is 0 Å². The standard InChI is InChI=1S/C19H24N4O3/c1-21(2)16-6-3-5-14(11-16)19(26)22-9-4-10-23-17(13-22)12-15(20-23)7-8-18(24)25/h3,5-6,11-12H,4,7-10,13H2,1-2H3,(H,24,25). The van der Waals surface area contributed by atoms with E-state index in [1.807, 2.05) is 58.9 Å². The lowest BCUT2D eigenvalue weighted by Crippen LogP contribution is -2.30. The van der Waals surface area contributed by atoms with Gasteiger partial charge in [-0.15, -0.1) is 0 Å². The van der Waals surface area contributed by atoms with Crippen LogP contribution in [0.25, 0.3) is 0 Å². The number of aromatic nitrogens is 2. The van der Waals surface area contributed by atoms with Gasteiger partial charge in [0.15, 0.2) is 0 Å². The largest absolute Gasteiger partial charge is 0.481 e. The summed E-state index contributed by atoms with van der Waals surface area (Å²) >= 11 is 0. The molecular weight excluding hydrogens is 332 g/mol. The van der Waals surface area contributed by atoms with Crippen molar-refractivity contribution in [3.63, 3.8) is 0 Å². The molecular formula is C19H24N4O3. The molecule has 0 saturated heterocycles. The molecule has 1 aromatic carbocycles. The second-order valence-corrected chi connectivity index (χ2v) is 6.77. The molecule has 0 unspecified atom stereocenters. The lowest BCUT2D eigenvalue weighted by atomic mass is 10.1. The van der Waals surface area contributed by atoms with E-state index in [0.717, 1.165) is 30.0 Å². The van der Waals surface area contributed by atoms with Crippen molar-refractivity contribution in [2.75, 3.05) is 25.5 Å². The fourth-order valence-corrected chi connectivity index (χ4v) is 3.15. The Kier molecular flexibility index (Phi) is 5.25. The maximum Gasteiger partial charge on any atom is 0.303 e. The van der Waals surface area contributed by atoms with Crippen LogP contribution < -0.4 is 4.90 Å². The molecule has 0 saturated carbocycles. The van der Waals surface area contributed by atoms with E-state index in [-0.39, 0.29) is 12.3 Å². The minimum atomic E-state index is -0.828. The van der Waals surface area contributed by atoms with Gasteiger partial charge in [0.1, 0.15) is 0 Å². The maximum absolute atomic E-state index is 13.0. The average Bonchev–Trinajstić information content (AvgIpc) is 2.89. The number of carboxylic acids is 1. The highest BCUT2D eigenvalue weighted by Crippen LogP contribution is 2.19. The Hall–Kier alpha value is -2.83. The van der Waals surface area contributed by atoms with Gasteiger partial charge in [-0.05, 0) is 30.7 Å². The molecule has 0 atom stereocenters. The Bertz CT molecular complexity index is 813. The van der Waals surface area contributed by atoms with Crippen LogP contribution in [0.4, 0.5) is 5.69 Å². The number of anilines is 1. The Balaban J connectivity index is 1.76. The van der Waals surface area contributed by atoms with Crippen molar-refractivity contribution in [3.8, 4) is 0 Å². The normalized spacial score (nSPS) is 13.8. The fourth-order valence-electron chi connectivity index (χ4n) is 3.15. The number of hydrogen-bond donors (Lipinski definition) is 1. The molecule has 7 nitrogen and oxygen atoms in total. The second-order valence-electron chi connectivity index (χ2n) is 6.77. The van der Waals surface area contributed by atoms with Crippen molar-refractivity contribution in [1.82, 2.24) is 14.7 Å². The molecule has 0 aliphatic carbocycles. The summed E-state index contributed by atoms with van der Waals surface area (Å²) in [7, 11) is 3.90. The number of carboxylic acid groups (broad SMARTS) is 1. The van der Waals surface area contributed by atoms with E-state index < -0.39 is 5.97 Å². The fraction of sp³-hybridized carbons (Fsp3) is 0.421. The number of hydrogen-bond acceptors (Lipinski definition) is 4. The molecule has 0 bridgehead atoms. The monoisotopic (exact) mass is 356 g/mol. The Labute approximate surface area is 152 Å². The minimum absolute atomic E-state index is 0.00966. The molecule has 1 aliphatic rings. The van der Waals surface area contributed by atoms with Gasteiger partial charge in [-0.2, -0.15) is 5.10 Å². The average molecular weight is 356 g/mol. The number of nitrogens with zero attached hydrogens (tertiary/aromatic N) is 4. The van der Waals surface area contributed by atoms with Gasteiger partial charge in [0.05, 0.1) is 24.4 Å². The number of aryl methyl sites for hydroxylation is 2. The van der Waals surface area contributed by atoms with E-state index in [0.29, 0.717) is 25.1 Å². The van der Waals surface area contributed by atoms with Crippen LogP contribution in [-0.2, 0) is 24.3 Å². The van der Waals surface area contributed by atoms with Gasteiger partial charge >= 0.3 is 5.97 Å². The van der Waals surface area contributed by atoms with Crippen LogP contribution in [0.1, 0.15) is 34.6 Å². The summed E-state index contributed by atoms with van der Waals surface area (Å²) in [6.07, 6.45) is 1.30. The molecule has 1 amide bonds. The van der Waals surface area contributed by atoms with Gasteiger partial charge in [0.2, 0.25) is 0 Å². The molecule has 1 aromatic heterocycles. The first-order chi connectivity index (χ1) is 12.4. The maximum atomic E-state index is 13.0. The highest BCUT2D eigenvalue weighted by Gasteiger charge is 2.22. The highest BCUT2D eigenvalue weighted by atomic mass is 16.4. The number of amides is 1. The summed E-state index contributed by atoms with van der Waals surface area (Å²) in [6, 6.07) is 9.54. The lowest BCUT2D eigenvalue weighted by Gasteiger charge is -2.21. The van der Waals surface area contributed by atoms with E-state index in [1.54, 1.807) is 0 Å². The summed E-state index contributed by atoms with van der Waals surface area (Å²) < 4.78 is 1.90. The number of rotatable bonds is 5. The van der Waals surface area contributed by atoms with Crippen LogP contribution >= 0.6 is 0 Å². The van der Waals surface area contributed by atoms with Crippen LogP contribution in [0.2, 0.25) is 0 Å². The summed E-state index contributed by atoms with van der Waals surface area (Å²) in [5.74, 6) is -0.818. The van der Waals surface area contributed by atoms with Gasteiger partial charge in [-0.25, -0.2) is 0 Å². The second kappa shape index (κ2) is 7.59. The third-order valence-corrected chi connectivity index (χ3v) is 4.56. The minimum Gasteiger partial charge on any atom is -0.481 e. The summed E-state index contributed by atoms with van der Waals surface area (Å²) in [6.45, 7) is 1.91. The first kappa shape index (κ1) is 18.0. The molecule has 0 spiro atoms. The molecule has 1 N–H and O–H groups in total. The zero-order chi connectivity index (χ0) is 18.7. The lowest BCUT2D eigenvalue weighted by molar-refractivity contribution is -0.136. The van der Waals surface area contributed by atoms with Crippen LogP contribution in [-0.4, -0.2) is 52.3 Å². The number of carbonyl (C=O) groups excluding carboxylic acids is 1. The summed E-state index contributed by atoms with van der Waals surface area (Å²) in [5.41, 5.74) is 3.40. The van der Waals surface area contributed by atoms with Crippen molar-refractivity contribution in [3.05, 3.63) is 47.3 Å². The highest BCUT2D eigenvalue weighted by molar-refractivity contribution is 5.95. The zero-order valence-electron chi connectivity index (χ0n) is 15.2. The van der Waals surface area contributed by atoms with Crippen molar-refractivity contribution in [2.24, 2.45) is 0 Å². The number of benzene rings is 1. The molecule has 2 aromatic rings. The molecule has 3 rings (SSSR count). The third kappa shape index (κ3) is 4.04.